The van der Waals surface area contributed by atoms with E-state index in [1.165, 1.54) is 16.5 Å². The van der Waals surface area contributed by atoms with E-state index in [0.29, 0.717) is 12.2 Å². The van der Waals surface area contributed by atoms with Gasteiger partial charge in [-0.3, -0.25) is 14.5 Å². The number of rotatable bonds is 4. The third kappa shape index (κ3) is 3.14. The number of nitrogens with zero attached hydrogens (tertiary/aromatic N) is 1. The Morgan fingerprint density at radius 3 is 3.10 bits per heavy atom. The third-order valence-electron chi connectivity index (χ3n) is 3.49. The first-order valence-electron chi connectivity index (χ1n) is 6.67. The number of aromatic nitrogens is 1. The number of hydrogen-bond donors (Lipinski definition) is 3. The molecule has 2 aromatic heterocycles. The monoisotopic (exact) mass is 304 g/mol. The van der Waals surface area contributed by atoms with E-state index in [2.05, 4.69) is 26.6 Å². The molecule has 21 heavy (non-hydrogen) atoms. The molecule has 7 heteroatoms. The van der Waals surface area contributed by atoms with Crippen molar-refractivity contribution in [1.29, 1.82) is 0 Å². The zero-order chi connectivity index (χ0) is 14.8. The highest BCUT2D eigenvalue weighted by Crippen LogP contribution is 2.23. The maximum absolute atomic E-state index is 12.0. The van der Waals surface area contributed by atoms with E-state index in [9.17, 15) is 9.59 Å². The lowest BCUT2D eigenvalue weighted by molar-refractivity contribution is -0.117. The summed E-state index contributed by atoms with van der Waals surface area (Å²) >= 11 is 1.78. The molecule has 3 heterocycles. The molecule has 2 aromatic rings. The normalized spacial score (nSPS) is 14.7. The van der Waals surface area contributed by atoms with Gasteiger partial charge in [0.2, 0.25) is 5.91 Å². The molecule has 110 valence electrons. The van der Waals surface area contributed by atoms with Gasteiger partial charge in [0.1, 0.15) is 5.69 Å². The van der Waals surface area contributed by atoms with Gasteiger partial charge in [0, 0.05) is 24.2 Å². The molecule has 1 aliphatic heterocycles. The molecule has 0 fully saturated rings. The Morgan fingerprint density at radius 2 is 2.33 bits per heavy atom. The molecule has 0 aliphatic carbocycles. The van der Waals surface area contributed by atoms with Crippen LogP contribution >= 0.6 is 11.3 Å². The predicted octanol–water partition coefficient (Wildman–Crippen LogP) is 1.17. The van der Waals surface area contributed by atoms with E-state index in [0.717, 1.165) is 19.5 Å². The Morgan fingerprint density at radius 1 is 1.48 bits per heavy atom. The van der Waals surface area contributed by atoms with E-state index in [-0.39, 0.29) is 11.6 Å². The van der Waals surface area contributed by atoms with Crippen molar-refractivity contribution < 1.29 is 9.59 Å². The van der Waals surface area contributed by atoms with Gasteiger partial charge in [0.05, 0.1) is 12.2 Å². The SMILES string of the molecule is NC(=O)c1cc(NC(=O)CN2CCc3sccc3C2)c[nH]1. The number of thiophene rings is 1. The molecule has 0 saturated heterocycles. The Labute approximate surface area is 125 Å². The molecule has 0 aromatic carbocycles. The van der Waals surface area contributed by atoms with Crippen molar-refractivity contribution in [2.24, 2.45) is 5.73 Å². The highest BCUT2D eigenvalue weighted by atomic mass is 32.1. The van der Waals surface area contributed by atoms with E-state index < -0.39 is 5.91 Å². The quantitative estimate of drug-likeness (QED) is 0.792. The summed E-state index contributed by atoms with van der Waals surface area (Å²) in [6.07, 6.45) is 2.56. The number of primary amides is 1. The second-order valence-electron chi connectivity index (χ2n) is 5.04. The second kappa shape index (κ2) is 5.71. The molecule has 0 bridgehead atoms. The largest absolute Gasteiger partial charge is 0.364 e. The maximum atomic E-state index is 12.0. The number of aromatic amines is 1. The van der Waals surface area contributed by atoms with Crippen molar-refractivity contribution in [3.8, 4) is 0 Å². The number of amides is 2. The highest BCUT2D eigenvalue weighted by molar-refractivity contribution is 7.10. The van der Waals surface area contributed by atoms with Gasteiger partial charge >= 0.3 is 0 Å². The number of hydrogen-bond acceptors (Lipinski definition) is 4. The van der Waals surface area contributed by atoms with Crippen LogP contribution < -0.4 is 11.1 Å². The molecule has 0 unspecified atom stereocenters. The Bertz CT molecular complexity index is 676. The van der Waals surface area contributed by atoms with E-state index in [1.807, 2.05) is 0 Å². The number of nitrogens with one attached hydrogen (secondary N) is 2. The fraction of sp³-hybridized carbons (Fsp3) is 0.286. The van der Waals surface area contributed by atoms with Crippen LogP contribution in [0.2, 0.25) is 0 Å². The topological polar surface area (TPSA) is 91.2 Å². The molecular weight excluding hydrogens is 288 g/mol. The van der Waals surface area contributed by atoms with Crippen molar-refractivity contribution in [2.45, 2.75) is 13.0 Å². The summed E-state index contributed by atoms with van der Waals surface area (Å²) in [6.45, 7) is 2.04. The van der Waals surface area contributed by atoms with Crippen LogP contribution in [0.4, 0.5) is 5.69 Å². The van der Waals surface area contributed by atoms with Crippen LogP contribution in [0.3, 0.4) is 0 Å². The van der Waals surface area contributed by atoms with Crippen LogP contribution in [0.25, 0.3) is 0 Å². The van der Waals surface area contributed by atoms with Gasteiger partial charge < -0.3 is 16.0 Å². The lowest BCUT2D eigenvalue weighted by Crippen LogP contribution is -2.36. The summed E-state index contributed by atoms with van der Waals surface area (Å²) < 4.78 is 0. The smallest absolute Gasteiger partial charge is 0.265 e. The zero-order valence-corrected chi connectivity index (χ0v) is 12.2. The van der Waals surface area contributed by atoms with E-state index in [4.69, 9.17) is 5.73 Å². The maximum Gasteiger partial charge on any atom is 0.265 e. The molecule has 0 spiro atoms. The van der Waals surface area contributed by atoms with Crippen LogP contribution in [0, 0.1) is 0 Å². The summed E-state index contributed by atoms with van der Waals surface area (Å²) in [7, 11) is 0. The zero-order valence-electron chi connectivity index (χ0n) is 11.4. The fourth-order valence-corrected chi connectivity index (χ4v) is 3.34. The molecular formula is C14H16N4O2S. The highest BCUT2D eigenvalue weighted by Gasteiger charge is 2.19. The van der Waals surface area contributed by atoms with Crippen molar-refractivity contribution >= 4 is 28.8 Å². The van der Waals surface area contributed by atoms with Crippen LogP contribution in [0.5, 0.6) is 0 Å². The average Bonchev–Trinajstić information content (AvgIpc) is 3.06. The lowest BCUT2D eigenvalue weighted by Gasteiger charge is -2.25. The van der Waals surface area contributed by atoms with Crippen molar-refractivity contribution in [3.05, 3.63) is 39.8 Å². The summed E-state index contributed by atoms with van der Waals surface area (Å²) in [5.41, 5.74) is 7.31. The Hall–Kier alpha value is -2.12. The van der Waals surface area contributed by atoms with Gasteiger partial charge in [-0.1, -0.05) is 0 Å². The first-order chi connectivity index (χ1) is 10.1. The van der Waals surface area contributed by atoms with Crippen molar-refractivity contribution in [1.82, 2.24) is 9.88 Å². The second-order valence-corrected chi connectivity index (χ2v) is 6.04. The predicted molar refractivity (Wildman–Crippen MR) is 81.2 cm³/mol. The minimum absolute atomic E-state index is 0.0938. The van der Waals surface area contributed by atoms with E-state index >= 15 is 0 Å². The summed E-state index contributed by atoms with van der Waals surface area (Å²) in [6, 6.07) is 3.66. The number of carbonyl (C=O) groups excluding carboxylic acids is 2. The first kappa shape index (κ1) is 13.8. The number of carbonyl (C=O) groups is 2. The Balaban J connectivity index is 1.56. The number of nitrogens with two attached hydrogens (primary N) is 1. The first-order valence-corrected chi connectivity index (χ1v) is 7.55. The standard InChI is InChI=1S/C14H16N4O2S/c15-14(20)11-5-10(6-16-11)17-13(19)8-18-3-1-12-9(7-18)2-4-21-12/h2,4-6,16H,1,3,7-8H2,(H2,15,20)(H,17,19). The molecule has 4 N–H and O–H groups in total. The van der Waals surface area contributed by atoms with Crippen LogP contribution in [0.1, 0.15) is 20.9 Å². The van der Waals surface area contributed by atoms with Crippen LogP contribution in [0.15, 0.2) is 23.7 Å². The average molecular weight is 304 g/mol. The van der Waals surface area contributed by atoms with Crippen LogP contribution in [-0.4, -0.2) is 34.8 Å². The molecule has 6 nitrogen and oxygen atoms in total. The third-order valence-corrected chi connectivity index (χ3v) is 4.51. The molecule has 1 aliphatic rings. The van der Waals surface area contributed by atoms with Crippen LogP contribution in [-0.2, 0) is 17.8 Å². The Kier molecular flexibility index (Phi) is 3.76. The summed E-state index contributed by atoms with van der Waals surface area (Å²) in [5, 5.41) is 4.86. The molecule has 2 amide bonds. The minimum atomic E-state index is -0.545. The van der Waals surface area contributed by atoms with Gasteiger partial charge in [0.25, 0.3) is 5.91 Å². The van der Waals surface area contributed by atoms with Gasteiger partial charge in [-0.15, -0.1) is 11.3 Å². The molecule has 0 radical (unpaired) electrons. The van der Waals surface area contributed by atoms with Crippen molar-refractivity contribution in [3.63, 3.8) is 0 Å². The van der Waals surface area contributed by atoms with Gasteiger partial charge in [0.15, 0.2) is 0 Å². The summed E-state index contributed by atoms with van der Waals surface area (Å²) in [4.78, 5) is 29.3. The minimum Gasteiger partial charge on any atom is -0.364 e. The fourth-order valence-electron chi connectivity index (χ4n) is 2.45. The van der Waals surface area contributed by atoms with Gasteiger partial charge in [-0.25, -0.2) is 0 Å². The van der Waals surface area contributed by atoms with Gasteiger partial charge in [-0.05, 0) is 29.5 Å². The van der Waals surface area contributed by atoms with E-state index in [1.54, 1.807) is 17.5 Å². The van der Waals surface area contributed by atoms with Gasteiger partial charge in [-0.2, -0.15) is 0 Å². The molecule has 0 saturated carbocycles. The lowest BCUT2D eigenvalue weighted by atomic mass is 10.1. The number of fused-ring (bicyclic) bond motifs is 1. The summed E-state index contributed by atoms with van der Waals surface area (Å²) in [5.74, 6) is -0.639. The molecule has 3 rings (SSSR count). The number of H-pyrrole nitrogens is 1. The molecule has 0 atom stereocenters. The number of anilines is 1. The van der Waals surface area contributed by atoms with Crippen molar-refractivity contribution in [2.75, 3.05) is 18.4 Å².